The van der Waals surface area contributed by atoms with Crippen LogP contribution >= 0.6 is 0 Å². The van der Waals surface area contributed by atoms with Gasteiger partial charge in [0.25, 0.3) is 5.91 Å². The number of halogens is 1. The third-order valence-corrected chi connectivity index (χ3v) is 6.07. The molecule has 7 nitrogen and oxygen atoms in total. The van der Waals surface area contributed by atoms with Crippen molar-refractivity contribution >= 4 is 5.91 Å². The summed E-state index contributed by atoms with van der Waals surface area (Å²) in [4.78, 5) is 17.1. The Morgan fingerprint density at radius 3 is 2.75 bits per heavy atom. The van der Waals surface area contributed by atoms with E-state index in [1.54, 1.807) is 17.1 Å². The van der Waals surface area contributed by atoms with Crippen LogP contribution < -0.4 is 0 Å². The van der Waals surface area contributed by atoms with Gasteiger partial charge in [-0.25, -0.2) is 9.07 Å². The molecule has 168 valence electrons. The van der Waals surface area contributed by atoms with Crippen LogP contribution in [0.2, 0.25) is 0 Å². The first kappa shape index (κ1) is 22.1. The summed E-state index contributed by atoms with van der Waals surface area (Å²) in [6, 6.07) is 14.6. The molecule has 2 aromatic carbocycles. The van der Waals surface area contributed by atoms with Gasteiger partial charge in [-0.2, -0.15) is 0 Å². The largest absolute Gasteiger partial charge is 0.341 e. The molecule has 1 saturated heterocycles. The SMILES string of the molecule is CN(C[C@@H]1CCCN(CCc2ccccc2F)C1)C(=O)c1ccc(Cn2cnnn2)cc1. The molecule has 0 aliphatic carbocycles. The summed E-state index contributed by atoms with van der Waals surface area (Å²) in [7, 11) is 1.87. The molecule has 4 rings (SSSR count). The highest BCUT2D eigenvalue weighted by Crippen LogP contribution is 2.19. The van der Waals surface area contributed by atoms with Crippen molar-refractivity contribution in [2.75, 3.05) is 33.2 Å². The van der Waals surface area contributed by atoms with E-state index in [-0.39, 0.29) is 11.7 Å². The summed E-state index contributed by atoms with van der Waals surface area (Å²) in [6.07, 6.45) is 4.50. The van der Waals surface area contributed by atoms with Gasteiger partial charge in [-0.15, -0.1) is 5.10 Å². The zero-order valence-electron chi connectivity index (χ0n) is 18.4. The molecule has 0 N–H and O–H groups in total. The number of aromatic nitrogens is 4. The zero-order valence-corrected chi connectivity index (χ0v) is 18.4. The lowest BCUT2D eigenvalue weighted by Gasteiger charge is -2.34. The molecule has 1 amide bonds. The third-order valence-electron chi connectivity index (χ3n) is 6.07. The van der Waals surface area contributed by atoms with Gasteiger partial charge in [0.05, 0.1) is 6.54 Å². The van der Waals surface area contributed by atoms with E-state index in [1.807, 2.05) is 48.3 Å². The predicted molar refractivity (Wildman–Crippen MR) is 120 cm³/mol. The molecule has 1 fully saturated rings. The Morgan fingerprint density at radius 2 is 2.00 bits per heavy atom. The Labute approximate surface area is 187 Å². The molecule has 2 heterocycles. The van der Waals surface area contributed by atoms with Gasteiger partial charge < -0.3 is 9.80 Å². The lowest BCUT2D eigenvalue weighted by atomic mass is 9.96. The van der Waals surface area contributed by atoms with Crippen LogP contribution in [0.1, 0.15) is 34.3 Å². The van der Waals surface area contributed by atoms with E-state index in [0.29, 0.717) is 24.4 Å². The van der Waals surface area contributed by atoms with Gasteiger partial charge in [0.15, 0.2) is 0 Å². The number of likely N-dealkylation sites (tertiary alicyclic amines) is 1. The Kier molecular flexibility index (Phi) is 7.21. The summed E-state index contributed by atoms with van der Waals surface area (Å²) in [5.74, 6) is 0.329. The molecule has 0 spiro atoms. The molecular weight excluding hydrogens is 407 g/mol. The number of piperidine rings is 1. The molecule has 1 aliphatic heterocycles. The minimum absolute atomic E-state index is 0.0300. The molecule has 0 bridgehead atoms. The van der Waals surface area contributed by atoms with Crippen LogP contribution in [0.4, 0.5) is 4.39 Å². The summed E-state index contributed by atoms with van der Waals surface area (Å²) < 4.78 is 15.5. The van der Waals surface area contributed by atoms with E-state index >= 15 is 0 Å². The molecule has 8 heteroatoms. The maximum absolute atomic E-state index is 13.9. The van der Waals surface area contributed by atoms with Crippen LogP contribution in [0.3, 0.4) is 0 Å². The number of benzene rings is 2. The standard InChI is InChI=1S/C24H29FN6O/c1-29(24(32)22-10-8-19(9-11-22)17-31-18-26-27-28-31)15-20-5-4-13-30(16-20)14-12-21-6-2-3-7-23(21)25/h2-3,6-11,18,20H,4-5,12-17H2,1H3/t20-/m0/s1. The molecule has 32 heavy (non-hydrogen) atoms. The van der Waals surface area contributed by atoms with E-state index < -0.39 is 0 Å². The molecular formula is C24H29FN6O. The molecule has 1 aromatic heterocycles. The van der Waals surface area contributed by atoms with Gasteiger partial charge in [0.2, 0.25) is 0 Å². The van der Waals surface area contributed by atoms with E-state index in [1.165, 1.54) is 6.07 Å². The summed E-state index contributed by atoms with van der Waals surface area (Å²) in [6.45, 7) is 4.11. The van der Waals surface area contributed by atoms with Gasteiger partial charge in [-0.3, -0.25) is 4.79 Å². The fourth-order valence-electron chi connectivity index (χ4n) is 4.37. The van der Waals surface area contributed by atoms with Gasteiger partial charge in [0.1, 0.15) is 12.1 Å². The van der Waals surface area contributed by atoms with Crippen molar-refractivity contribution in [2.24, 2.45) is 5.92 Å². The molecule has 1 atom stereocenters. The number of carbonyl (C=O) groups is 1. The van der Waals surface area contributed by atoms with Crippen LogP contribution in [-0.2, 0) is 13.0 Å². The predicted octanol–water partition coefficient (Wildman–Crippen LogP) is 2.89. The maximum atomic E-state index is 13.9. The number of carbonyl (C=O) groups excluding carboxylic acids is 1. The normalized spacial score (nSPS) is 16.8. The number of rotatable bonds is 8. The van der Waals surface area contributed by atoms with Crippen LogP contribution in [0, 0.1) is 11.7 Å². The average Bonchev–Trinajstić information content (AvgIpc) is 3.32. The number of tetrazole rings is 1. The second-order valence-corrected chi connectivity index (χ2v) is 8.54. The van der Waals surface area contributed by atoms with Crippen molar-refractivity contribution in [3.63, 3.8) is 0 Å². The number of amides is 1. The fourth-order valence-corrected chi connectivity index (χ4v) is 4.37. The van der Waals surface area contributed by atoms with Crippen molar-refractivity contribution in [3.05, 3.63) is 77.4 Å². The number of hydrogen-bond donors (Lipinski definition) is 0. The number of nitrogens with zero attached hydrogens (tertiary/aromatic N) is 6. The second-order valence-electron chi connectivity index (χ2n) is 8.54. The van der Waals surface area contributed by atoms with Crippen LogP contribution in [0.5, 0.6) is 0 Å². The quantitative estimate of drug-likeness (QED) is 0.543. The summed E-state index contributed by atoms with van der Waals surface area (Å²) in [5.41, 5.74) is 2.49. The smallest absolute Gasteiger partial charge is 0.253 e. The molecule has 1 aliphatic rings. The molecule has 0 radical (unpaired) electrons. The van der Waals surface area contributed by atoms with E-state index in [9.17, 15) is 9.18 Å². The third kappa shape index (κ3) is 5.76. The van der Waals surface area contributed by atoms with E-state index in [4.69, 9.17) is 0 Å². The molecule has 0 unspecified atom stereocenters. The van der Waals surface area contributed by atoms with Crippen molar-refractivity contribution < 1.29 is 9.18 Å². The Balaban J connectivity index is 1.27. The first-order chi connectivity index (χ1) is 15.6. The van der Waals surface area contributed by atoms with Gasteiger partial charge >= 0.3 is 0 Å². The maximum Gasteiger partial charge on any atom is 0.253 e. The van der Waals surface area contributed by atoms with E-state index in [2.05, 4.69) is 20.4 Å². The Hall–Kier alpha value is -3.13. The first-order valence-corrected chi connectivity index (χ1v) is 11.1. The van der Waals surface area contributed by atoms with Gasteiger partial charge in [-0.1, -0.05) is 30.3 Å². The van der Waals surface area contributed by atoms with Crippen LogP contribution in [0.15, 0.2) is 54.9 Å². The minimum Gasteiger partial charge on any atom is -0.341 e. The molecule has 0 saturated carbocycles. The first-order valence-electron chi connectivity index (χ1n) is 11.1. The fraction of sp³-hybridized carbons (Fsp3) is 0.417. The Morgan fingerprint density at radius 1 is 1.19 bits per heavy atom. The lowest BCUT2D eigenvalue weighted by Crippen LogP contribution is -2.42. The van der Waals surface area contributed by atoms with Crippen molar-refractivity contribution in [1.29, 1.82) is 0 Å². The molecule has 3 aromatic rings. The highest BCUT2D eigenvalue weighted by atomic mass is 19.1. The van der Waals surface area contributed by atoms with Crippen LogP contribution in [0.25, 0.3) is 0 Å². The van der Waals surface area contributed by atoms with Crippen molar-refractivity contribution in [1.82, 2.24) is 30.0 Å². The Bertz CT molecular complexity index is 1010. The van der Waals surface area contributed by atoms with Crippen molar-refractivity contribution in [3.8, 4) is 0 Å². The summed E-state index contributed by atoms with van der Waals surface area (Å²) >= 11 is 0. The van der Waals surface area contributed by atoms with Crippen LogP contribution in [-0.4, -0.2) is 69.1 Å². The highest BCUT2D eigenvalue weighted by Gasteiger charge is 2.23. The monoisotopic (exact) mass is 436 g/mol. The summed E-state index contributed by atoms with van der Waals surface area (Å²) in [5, 5.41) is 11.1. The van der Waals surface area contributed by atoms with Gasteiger partial charge in [-0.05, 0) is 71.5 Å². The zero-order chi connectivity index (χ0) is 22.3. The highest BCUT2D eigenvalue weighted by molar-refractivity contribution is 5.94. The lowest BCUT2D eigenvalue weighted by molar-refractivity contribution is 0.0730. The second kappa shape index (κ2) is 10.5. The average molecular weight is 437 g/mol. The van der Waals surface area contributed by atoms with Crippen molar-refractivity contribution in [2.45, 2.75) is 25.8 Å². The topological polar surface area (TPSA) is 67.2 Å². The van der Waals surface area contributed by atoms with Gasteiger partial charge in [0, 0.05) is 32.2 Å². The van der Waals surface area contributed by atoms with E-state index in [0.717, 1.165) is 50.1 Å². The number of hydrogen-bond acceptors (Lipinski definition) is 5. The minimum atomic E-state index is -0.129.